The lowest BCUT2D eigenvalue weighted by atomic mass is 9.97. The van der Waals surface area contributed by atoms with Gasteiger partial charge in [0.15, 0.2) is 0 Å². The van der Waals surface area contributed by atoms with Crippen molar-refractivity contribution in [1.29, 1.82) is 0 Å². The van der Waals surface area contributed by atoms with Gasteiger partial charge in [-0.3, -0.25) is 9.59 Å². The van der Waals surface area contributed by atoms with E-state index in [1.165, 1.54) is 7.11 Å². The molecule has 1 fully saturated rings. The third kappa shape index (κ3) is 6.71. The number of nitrogens with one attached hydrogen (secondary N) is 2. The number of benzene rings is 2. The molecule has 1 aliphatic heterocycles. The first-order valence-electron chi connectivity index (χ1n) is 11.7. The number of hydrogen-bond acceptors (Lipinski definition) is 5. The van der Waals surface area contributed by atoms with E-state index in [1.54, 1.807) is 24.3 Å². The second kappa shape index (κ2) is 12.3. The van der Waals surface area contributed by atoms with Crippen LogP contribution < -0.4 is 20.3 Å². The molecule has 2 amide bonds. The van der Waals surface area contributed by atoms with Gasteiger partial charge in [-0.05, 0) is 62.4 Å². The van der Waals surface area contributed by atoms with Crippen molar-refractivity contribution < 1.29 is 19.1 Å². The molecule has 0 saturated carbocycles. The van der Waals surface area contributed by atoms with Gasteiger partial charge < -0.3 is 25.0 Å². The molecule has 0 radical (unpaired) electrons. The van der Waals surface area contributed by atoms with Crippen LogP contribution >= 0.6 is 0 Å². The summed E-state index contributed by atoms with van der Waals surface area (Å²) in [5.41, 5.74) is 2.48. The van der Waals surface area contributed by atoms with Crippen molar-refractivity contribution in [3.63, 3.8) is 0 Å². The number of para-hydroxylation sites is 1. The molecule has 0 aromatic heterocycles. The molecule has 2 N–H and O–H groups in total. The van der Waals surface area contributed by atoms with E-state index in [0.717, 1.165) is 38.0 Å². The van der Waals surface area contributed by atoms with Gasteiger partial charge in [0.05, 0.1) is 18.2 Å². The van der Waals surface area contributed by atoms with Crippen molar-refractivity contribution in [3.8, 4) is 5.75 Å². The Morgan fingerprint density at radius 3 is 2.55 bits per heavy atom. The van der Waals surface area contributed by atoms with Crippen molar-refractivity contribution in [2.75, 3.05) is 50.2 Å². The molecule has 0 aliphatic carbocycles. The predicted octanol–water partition coefficient (Wildman–Crippen LogP) is 4.34. The number of nitrogens with zero attached hydrogens (tertiary/aromatic N) is 1. The monoisotopic (exact) mass is 453 g/mol. The van der Waals surface area contributed by atoms with Crippen LogP contribution in [0.25, 0.3) is 0 Å². The van der Waals surface area contributed by atoms with Crippen LogP contribution in [0.1, 0.15) is 53.8 Å². The topological polar surface area (TPSA) is 79.9 Å². The van der Waals surface area contributed by atoms with Crippen LogP contribution in [-0.2, 0) is 4.74 Å². The van der Waals surface area contributed by atoms with Crippen LogP contribution in [0.15, 0.2) is 42.5 Å². The molecule has 2 aromatic rings. The lowest BCUT2D eigenvalue weighted by Gasteiger charge is -2.33. The second-order valence-electron chi connectivity index (χ2n) is 8.36. The average molecular weight is 454 g/mol. The quantitative estimate of drug-likeness (QED) is 0.523. The number of rotatable bonds is 10. The minimum atomic E-state index is -0.282. The van der Waals surface area contributed by atoms with Crippen LogP contribution in [0.5, 0.6) is 5.75 Å². The summed E-state index contributed by atoms with van der Waals surface area (Å²) < 4.78 is 10.7. The number of piperidine rings is 1. The Hall–Kier alpha value is -3.06. The van der Waals surface area contributed by atoms with E-state index in [9.17, 15) is 9.59 Å². The number of methoxy groups -OCH3 is 1. The normalized spacial score (nSPS) is 14.1. The van der Waals surface area contributed by atoms with E-state index in [1.807, 2.05) is 25.1 Å². The van der Waals surface area contributed by atoms with E-state index >= 15 is 0 Å². The fourth-order valence-corrected chi connectivity index (χ4v) is 3.97. The Morgan fingerprint density at radius 2 is 1.82 bits per heavy atom. The summed E-state index contributed by atoms with van der Waals surface area (Å²) in [4.78, 5) is 28.2. The van der Waals surface area contributed by atoms with Crippen molar-refractivity contribution >= 4 is 23.2 Å². The maximum Gasteiger partial charge on any atom is 0.259 e. The molecule has 0 bridgehead atoms. The van der Waals surface area contributed by atoms with Gasteiger partial charge in [0, 0.05) is 44.2 Å². The third-order valence-electron chi connectivity index (χ3n) is 5.93. The van der Waals surface area contributed by atoms with Crippen molar-refractivity contribution in [1.82, 2.24) is 5.32 Å². The van der Waals surface area contributed by atoms with E-state index in [2.05, 4.69) is 22.5 Å². The minimum Gasteiger partial charge on any atom is -0.496 e. The summed E-state index contributed by atoms with van der Waals surface area (Å²) in [6, 6.07) is 12.6. The van der Waals surface area contributed by atoms with Crippen molar-refractivity contribution in [3.05, 3.63) is 53.6 Å². The highest BCUT2D eigenvalue weighted by atomic mass is 16.5. The van der Waals surface area contributed by atoms with Crippen LogP contribution in [-0.4, -0.2) is 51.8 Å². The largest absolute Gasteiger partial charge is 0.496 e. The highest BCUT2D eigenvalue weighted by Gasteiger charge is 2.22. The summed E-state index contributed by atoms with van der Waals surface area (Å²) in [5.74, 6) is 0.765. The Balaban J connectivity index is 1.80. The number of amides is 2. The first-order chi connectivity index (χ1) is 16.0. The first-order valence-corrected chi connectivity index (χ1v) is 11.7. The molecule has 178 valence electrons. The lowest BCUT2D eigenvalue weighted by Crippen LogP contribution is -2.35. The van der Waals surface area contributed by atoms with Crippen LogP contribution in [0.4, 0.5) is 11.4 Å². The number of ether oxygens (including phenoxy) is 2. The van der Waals surface area contributed by atoms with Crippen LogP contribution in [0, 0.1) is 5.92 Å². The van der Waals surface area contributed by atoms with E-state index in [-0.39, 0.29) is 11.8 Å². The Kier molecular flexibility index (Phi) is 9.13. The van der Waals surface area contributed by atoms with Gasteiger partial charge in [-0.1, -0.05) is 19.1 Å². The van der Waals surface area contributed by atoms with Crippen LogP contribution in [0.2, 0.25) is 0 Å². The lowest BCUT2D eigenvalue weighted by molar-refractivity contribution is 0.0943. The van der Waals surface area contributed by atoms with Gasteiger partial charge in [0.1, 0.15) is 5.75 Å². The van der Waals surface area contributed by atoms with E-state index < -0.39 is 0 Å². The molecular formula is C26H35N3O4. The van der Waals surface area contributed by atoms with Gasteiger partial charge in [-0.25, -0.2) is 0 Å². The van der Waals surface area contributed by atoms with Gasteiger partial charge >= 0.3 is 0 Å². The number of hydrogen-bond donors (Lipinski definition) is 2. The SMILES string of the molecule is CCOCCCNC(=O)c1cc(NC(=O)c2ccccc2OC)ccc1N1CCC(C)CC1. The molecule has 1 heterocycles. The second-order valence-corrected chi connectivity index (χ2v) is 8.36. The smallest absolute Gasteiger partial charge is 0.259 e. The fourth-order valence-electron chi connectivity index (χ4n) is 3.97. The van der Waals surface area contributed by atoms with Crippen molar-refractivity contribution in [2.24, 2.45) is 5.92 Å². The number of carbonyl (C=O) groups is 2. The van der Waals surface area contributed by atoms with E-state index in [4.69, 9.17) is 9.47 Å². The standard InChI is InChI=1S/C26H35N3O4/c1-4-33-17-7-14-27-25(30)22-18-20(10-11-23(22)29-15-12-19(2)13-16-29)28-26(31)21-8-5-6-9-24(21)32-3/h5-6,8-11,18-19H,4,7,12-17H2,1-3H3,(H,27,30)(H,28,31). The summed E-state index contributed by atoms with van der Waals surface area (Å²) in [5, 5.41) is 5.91. The number of carbonyl (C=O) groups excluding carboxylic acids is 2. The highest BCUT2D eigenvalue weighted by molar-refractivity contribution is 6.07. The Morgan fingerprint density at radius 1 is 1.06 bits per heavy atom. The first kappa shape index (κ1) is 24.6. The highest BCUT2D eigenvalue weighted by Crippen LogP contribution is 2.29. The summed E-state index contributed by atoms with van der Waals surface area (Å²) in [7, 11) is 1.54. The molecule has 2 aromatic carbocycles. The maximum absolute atomic E-state index is 13.1. The Bertz CT molecular complexity index is 939. The third-order valence-corrected chi connectivity index (χ3v) is 5.93. The zero-order valence-corrected chi connectivity index (χ0v) is 19.9. The molecule has 0 unspecified atom stereocenters. The van der Waals surface area contributed by atoms with Gasteiger partial charge in [-0.2, -0.15) is 0 Å². The van der Waals surface area contributed by atoms with Gasteiger partial charge in [0.2, 0.25) is 0 Å². The molecule has 1 saturated heterocycles. The van der Waals surface area contributed by atoms with E-state index in [0.29, 0.717) is 48.2 Å². The summed E-state index contributed by atoms with van der Waals surface area (Å²) >= 11 is 0. The minimum absolute atomic E-state index is 0.145. The molecule has 7 nitrogen and oxygen atoms in total. The summed E-state index contributed by atoms with van der Waals surface area (Å²) in [6.45, 7) is 7.86. The van der Waals surface area contributed by atoms with Crippen molar-refractivity contribution in [2.45, 2.75) is 33.1 Å². The molecule has 0 atom stereocenters. The maximum atomic E-state index is 13.1. The van der Waals surface area contributed by atoms with Crippen LogP contribution in [0.3, 0.4) is 0 Å². The number of anilines is 2. The molecule has 3 rings (SSSR count). The summed E-state index contributed by atoms with van der Waals surface area (Å²) in [6.07, 6.45) is 2.95. The average Bonchev–Trinajstić information content (AvgIpc) is 2.84. The molecule has 1 aliphatic rings. The Labute approximate surface area is 196 Å². The fraction of sp³-hybridized carbons (Fsp3) is 0.462. The molecule has 0 spiro atoms. The molecule has 7 heteroatoms. The zero-order valence-electron chi connectivity index (χ0n) is 19.9. The predicted molar refractivity (Wildman–Crippen MR) is 131 cm³/mol. The molecule has 33 heavy (non-hydrogen) atoms. The zero-order chi connectivity index (χ0) is 23.6. The van der Waals surface area contributed by atoms with Gasteiger partial charge in [-0.15, -0.1) is 0 Å². The molecular weight excluding hydrogens is 418 g/mol. The van der Waals surface area contributed by atoms with Gasteiger partial charge in [0.25, 0.3) is 11.8 Å².